The van der Waals surface area contributed by atoms with E-state index in [0.29, 0.717) is 45.3 Å². The van der Waals surface area contributed by atoms with Gasteiger partial charge in [-0.1, -0.05) is 42.5 Å². The molecule has 4 aromatic carbocycles. The third kappa shape index (κ3) is 5.44. The van der Waals surface area contributed by atoms with Crippen LogP contribution in [0.2, 0.25) is 0 Å². The molecule has 0 saturated carbocycles. The Hall–Kier alpha value is -5.30. The van der Waals surface area contributed by atoms with Crippen LogP contribution in [0.5, 0.6) is 23.0 Å². The molecule has 0 radical (unpaired) electrons. The van der Waals surface area contributed by atoms with Gasteiger partial charge in [0, 0.05) is 16.5 Å². The second-order valence-corrected chi connectivity index (χ2v) is 8.76. The summed E-state index contributed by atoms with van der Waals surface area (Å²) in [5, 5.41) is 0.579. The lowest BCUT2D eigenvalue weighted by Crippen LogP contribution is -2.09. The molecule has 1 aromatic heterocycles. The molecule has 5 rings (SSSR count). The maximum absolute atomic E-state index is 13.4. The van der Waals surface area contributed by atoms with Crippen LogP contribution in [0, 0.1) is 0 Å². The van der Waals surface area contributed by atoms with E-state index in [1.165, 1.54) is 6.08 Å². The number of fused-ring (bicyclic) bond motifs is 1. The van der Waals surface area contributed by atoms with E-state index in [1.54, 1.807) is 82.0 Å². The molecular weight excluding hydrogens is 508 g/mol. The number of carbonyl (C=O) groups is 2. The molecule has 0 unspecified atom stereocenters. The SMILES string of the molecule is COc1ccc2oc(-c3ccccc3)c(C(=O)Oc3ccc(C(=O)/C=C/c4ccc(OC)c(OC)c4)cc3)c2c1. The molecule has 200 valence electrons. The zero-order chi connectivity index (χ0) is 28.1. The van der Waals surface area contributed by atoms with Gasteiger partial charge in [-0.25, -0.2) is 4.79 Å². The highest BCUT2D eigenvalue weighted by atomic mass is 16.5. The standard InChI is InChI=1S/C33H26O7/c1-36-25-15-18-28-26(20-25)31(32(40-28)23-7-5-4-6-8-23)33(35)39-24-13-11-22(12-14-24)27(34)16-9-21-10-17-29(37-2)30(19-21)38-3/h4-20H,1-3H3/b16-9+. The van der Waals surface area contributed by atoms with Crippen molar-refractivity contribution in [3.05, 3.63) is 114 Å². The number of hydrogen-bond donors (Lipinski definition) is 0. The quantitative estimate of drug-likeness (QED) is 0.0853. The number of ether oxygens (including phenoxy) is 4. The van der Waals surface area contributed by atoms with E-state index in [1.807, 2.05) is 36.4 Å². The van der Waals surface area contributed by atoms with Crippen LogP contribution < -0.4 is 18.9 Å². The van der Waals surface area contributed by atoms with Gasteiger partial charge >= 0.3 is 5.97 Å². The second kappa shape index (κ2) is 11.6. The maximum Gasteiger partial charge on any atom is 0.348 e. The molecule has 0 aliphatic rings. The molecule has 1 heterocycles. The summed E-state index contributed by atoms with van der Waals surface area (Å²) in [5.41, 5.74) is 2.80. The first-order chi connectivity index (χ1) is 19.5. The first kappa shape index (κ1) is 26.3. The Balaban J connectivity index is 1.37. The van der Waals surface area contributed by atoms with Gasteiger partial charge in [-0.05, 0) is 66.2 Å². The highest BCUT2D eigenvalue weighted by molar-refractivity contribution is 6.10. The van der Waals surface area contributed by atoms with Crippen LogP contribution in [0.1, 0.15) is 26.3 Å². The van der Waals surface area contributed by atoms with Crippen LogP contribution in [0.25, 0.3) is 28.4 Å². The summed E-state index contributed by atoms with van der Waals surface area (Å²) in [4.78, 5) is 26.2. The fourth-order valence-electron chi connectivity index (χ4n) is 4.27. The van der Waals surface area contributed by atoms with E-state index in [9.17, 15) is 9.59 Å². The smallest absolute Gasteiger partial charge is 0.348 e. The van der Waals surface area contributed by atoms with Gasteiger partial charge in [-0.15, -0.1) is 0 Å². The molecule has 0 fully saturated rings. The number of carbonyl (C=O) groups excluding carboxylic acids is 2. The third-order valence-electron chi connectivity index (χ3n) is 6.32. The zero-order valence-corrected chi connectivity index (χ0v) is 22.2. The van der Waals surface area contributed by atoms with E-state index in [-0.39, 0.29) is 11.3 Å². The lowest BCUT2D eigenvalue weighted by Gasteiger charge is -2.07. The molecule has 7 nitrogen and oxygen atoms in total. The van der Waals surface area contributed by atoms with Crippen molar-refractivity contribution in [3.8, 4) is 34.3 Å². The van der Waals surface area contributed by atoms with Crippen molar-refractivity contribution in [2.75, 3.05) is 21.3 Å². The minimum atomic E-state index is -0.585. The minimum Gasteiger partial charge on any atom is -0.497 e. The van der Waals surface area contributed by atoms with Crippen LogP contribution in [0.4, 0.5) is 0 Å². The average Bonchev–Trinajstić information content (AvgIpc) is 3.39. The molecule has 0 amide bonds. The highest BCUT2D eigenvalue weighted by Gasteiger charge is 2.24. The van der Waals surface area contributed by atoms with E-state index in [0.717, 1.165) is 11.1 Å². The molecule has 7 heteroatoms. The molecule has 0 aliphatic carbocycles. The Labute approximate surface area is 231 Å². The van der Waals surface area contributed by atoms with Gasteiger partial charge in [-0.2, -0.15) is 0 Å². The number of ketones is 1. The van der Waals surface area contributed by atoms with Crippen molar-refractivity contribution in [2.45, 2.75) is 0 Å². The maximum atomic E-state index is 13.4. The summed E-state index contributed by atoms with van der Waals surface area (Å²) in [7, 11) is 4.68. The Morgan fingerprint density at radius 3 is 2.15 bits per heavy atom. The summed E-state index contributed by atoms with van der Waals surface area (Å²) in [6.45, 7) is 0. The van der Waals surface area contributed by atoms with E-state index >= 15 is 0 Å². The van der Waals surface area contributed by atoms with Crippen LogP contribution in [-0.4, -0.2) is 33.1 Å². The van der Waals surface area contributed by atoms with E-state index in [2.05, 4.69) is 0 Å². The first-order valence-corrected chi connectivity index (χ1v) is 12.4. The predicted molar refractivity (Wildman–Crippen MR) is 153 cm³/mol. The molecule has 40 heavy (non-hydrogen) atoms. The third-order valence-corrected chi connectivity index (χ3v) is 6.32. The molecule has 0 bridgehead atoms. The minimum absolute atomic E-state index is 0.202. The molecule has 0 spiro atoms. The largest absolute Gasteiger partial charge is 0.497 e. The van der Waals surface area contributed by atoms with Crippen LogP contribution in [0.15, 0.2) is 101 Å². The molecular formula is C33H26O7. The second-order valence-electron chi connectivity index (χ2n) is 8.76. The van der Waals surface area contributed by atoms with Gasteiger partial charge in [0.1, 0.15) is 28.4 Å². The molecule has 5 aromatic rings. The Bertz CT molecular complexity index is 1700. The van der Waals surface area contributed by atoms with Crippen molar-refractivity contribution in [1.82, 2.24) is 0 Å². The van der Waals surface area contributed by atoms with Crippen molar-refractivity contribution in [2.24, 2.45) is 0 Å². The van der Waals surface area contributed by atoms with Gasteiger partial charge in [-0.3, -0.25) is 4.79 Å². The summed E-state index contributed by atoms with van der Waals surface area (Å²) >= 11 is 0. The van der Waals surface area contributed by atoms with Crippen LogP contribution >= 0.6 is 0 Å². The summed E-state index contributed by atoms with van der Waals surface area (Å²) < 4.78 is 27.7. The number of furan rings is 1. The van der Waals surface area contributed by atoms with E-state index < -0.39 is 5.97 Å². The lowest BCUT2D eigenvalue weighted by molar-refractivity contribution is 0.0737. The highest BCUT2D eigenvalue weighted by Crippen LogP contribution is 2.36. The Morgan fingerprint density at radius 1 is 0.725 bits per heavy atom. The van der Waals surface area contributed by atoms with Gasteiger partial charge in [0.25, 0.3) is 0 Å². The zero-order valence-electron chi connectivity index (χ0n) is 22.2. The topological polar surface area (TPSA) is 84.2 Å². The van der Waals surface area contributed by atoms with Gasteiger partial charge in [0.2, 0.25) is 0 Å². The Morgan fingerprint density at radius 2 is 1.45 bits per heavy atom. The monoisotopic (exact) mass is 534 g/mol. The molecule has 0 atom stereocenters. The predicted octanol–water partition coefficient (Wildman–Crippen LogP) is 7.24. The lowest BCUT2D eigenvalue weighted by atomic mass is 10.1. The number of allylic oxidation sites excluding steroid dienone is 1. The normalized spacial score (nSPS) is 11.0. The van der Waals surface area contributed by atoms with Gasteiger partial charge < -0.3 is 23.4 Å². The van der Waals surface area contributed by atoms with Crippen LogP contribution in [0.3, 0.4) is 0 Å². The number of methoxy groups -OCH3 is 3. The van der Waals surface area contributed by atoms with Gasteiger partial charge in [0.05, 0.1) is 21.3 Å². The van der Waals surface area contributed by atoms with Gasteiger partial charge in [0.15, 0.2) is 17.3 Å². The number of esters is 1. The van der Waals surface area contributed by atoms with Crippen molar-refractivity contribution >= 4 is 28.8 Å². The summed E-state index contributed by atoms with van der Waals surface area (Å²) in [6.07, 6.45) is 3.17. The number of benzene rings is 4. The van der Waals surface area contributed by atoms with Crippen molar-refractivity contribution in [1.29, 1.82) is 0 Å². The average molecular weight is 535 g/mol. The van der Waals surface area contributed by atoms with E-state index in [4.69, 9.17) is 23.4 Å². The van der Waals surface area contributed by atoms with Crippen molar-refractivity contribution < 1.29 is 33.0 Å². The molecule has 0 N–H and O–H groups in total. The Kier molecular flexibility index (Phi) is 7.64. The summed E-state index contributed by atoms with van der Waals surface area (Å²) in [6, 6.07) is 26.4. The van der Waals surface area contributed by atoms with Crippen LogP contribution in [-0.2, 0) is 0 Å². The number of hydrogen-bond acceptors (Lipinski definition) is 7. The fraction of sp³-hybridized carbons (Fsp3) is 0.0909. The fourth-order valence-corrected chi connectivity index (χ4v) is 4.27. The van der Waals surface area contributed by atoms with Crippen molar-refractivity contribution in [3.63, 3.8) is 0 Å². The molecule has 0 saturated heterocycles. The first-order valence-electron chi connectivity index (χ1n) is 12.4. The molecule has 0 aliphatic heterocycles. The summed E-state index contributed by atoms with van der Waals surface area (Å²) in [5.74, 6) is 1.68. The number of rotatable bonds is 9.